The molecule has 21 heavy (non-hydrogen) atoms. The number of benzene rings is 1. The molecule has 2 rings (SSSR count). The molecule has 0 aliphatic carbocycles. The van der Waals surface area contributed by atoms with Crippen molar-refractivity contribution in [2.24, 2.45) is 0 Å². The van der Waals surface area contributed by atoms with Crippen LogP contribution < -0.4 is 19.5 Å². The molecule has 0 atom stereocenters. The molecule has 0 fully saturated rings. The highest BCUT2D eigenvalue weighted by atomic mass is 35.5. The SMILES string of the molecule is COc1ccc(NC(=O)COc2cccc[n+]2[O-])cc1Cl. The van der Waals surface area contributed by atoms with E-state index in [2.05, 4.69) is 5.32 Å². The second-order valence-corrected chi connectivity index (χ2v) is 4.46. The molecular weight excluding hydrogens is 296 g/mol. The molecule has 0 saturated carbocycles. The molecule has 2 aromatic rings. The van der Waals surface area contributed by atoms with Crippen molar-refractivity contribution in [3.05, 3.63) is 52.8 Å². The molecule has 1 heterocycles. The number of aromatic nitrogens is 1. The Hall–Kier alpha value is -2.47. The van der Waals surface area contributed by atoms with Gasteiger partial charge in [0.2, 0.25) is 0 Å². The minimum absolute atomic E-state index is 0.0559. The molecule has 7 heteroatoms. The number of carbonyl (C=O) groups excluding carboxylic acids is 1. The summed E-state index contributed by atoms with van der Waals surface area (Å²) in [7, 11) is 1.51. The minimum atomic E-state index is -0.403. The van der Waals surface area contributed by atoms with Crippen LogP contribution >= 0.6 is 11.6 Å². The highest BCUT2D eigenvalue weighted by molar-refractivity contribution is 6.32. The Morgan fingerprint density at radius 1 is 1.38 bits per heavy atom. The van der Waals surface area contributed by atoms with Crippen molar-refractivity contribution in [2.75, 3.05) is 19.0 Å². The van der Waals surface area contributed by atoms with Crippen molar-refractivity contribution in [3.63, 3.8) is 0 Å². The number of nitrogens with zero attached hydrogens (tertiary/aromatic N) is 1. The van der Waals surface area contributed by atoms with Crippen LogP contribution in [0.4, 0.5) is 5.69 Å². The van der Waals surface area contributed by atoms with Gasteiger partial charge in [-0.15, -0.1) is 4.73 Å². The summed E-state index contributed by atoms with van der Waals surface area (Å²) in [6, 6.07) is 9.55. The van der Waals surface area contributed by atoms with E-state index in [-0.39, 0.29) is 12.5 Å². The molecule has 0 aliphatic heterocycles. The first kappa shape index (κ1) is 14.9. The van der Waals surface area contributed by atoms with Crippen molar-refractivity contribution in [1.82, 2.24) is 0 Å². The average molecular weight is 309 g/mol. The van der Waals surface area contributed by atoms with Gasteiger partial charge in [-0.25, -0.2) is 0 Å². The van der Waals surface area contributed by atoms with Gasteiger partial charge < -0.3 is 20.0 Å². The first-order valence-corrected chi connectivity index (χ1v) is 6.42. The standard InChI is InChI=1S/C14H13ClN2O4/c1-20-12-6-5-10(8-11(12)15)16-13(18)9-21-14-4-2-3-7-17(14)19/h2-8H,9H2,1H3,(H,16,18). The maximum atomic E-state index is 11.7. The Labute approximate surface area is 126 Å². The Morgan fingerprint density at radius 2 is 2.19 bits per heavy atom. The van der Waals surface area contributed by atoms with Crippen molar-refractivity contribution in [1.29, 1.82) is 0 Å². The largest absolute Gasteiger partial charge is 0.616 e. The Morgan fingerprint density at radius 3 is 2.86 bits per heavy atom. The lowest BCUT2D eigenvalue weighted by Crippen LogP contribution is -2.30. The Kier molecular flexibility index (Phi) is 4.84. The third kappa shape index (κ3) is 4.00. The van der Waals surface area contributed by atoms with Crippen molar-refractivity contribution in [2.45, 2.75) is 0 Å². The number of ether oxygens (including phenoxy) is 2. The molecule has 1 aromatic carbocycles. The zero-order valence-electron chi connectivity index (χ0n) is 11.2. The Balaban J connectivity index is 1.93. The Bertz CT molecular complexity index is 649. The van der Waals surface area contributed by atoms with Gasteiger partial charge in [-0.1, -0.05) is 11.6 Å². The monoisotopic (exact) mass is 308 g/mol. The number of rotatable bonds is 5. The summed E-state index contributed by atoms with van der Waals surface area (Å²) in [5.41, 5.74) is 0.512. The van der Waals surface area contributed by atoms with Crippen LogP contribution in [0.1, 0.15) is 0 Å². The summed E-state index contributed by atoms with van der Waals surface area (Å²) in [5.74, 6) is 0.170. The van der Waals surface area contributed by atoms with Gasteiger partial charge in [0.1, 0.15) is 5.75 Å². The lowest BCUT2D eigenvalue weighted by atomic mass is 10.3. The fourth-order valence-electron chi connectivity index (χ4n) is 1.61. The number of nitrogens with one attached hydrogen (secondary N) is 1. The van der Waals surface area contributed by atoms with Crippen LogP contribution in [0.25, 0.3) is 0 Å². The number of pyridine rings is 1. The predicted molar refractivity (Wildman–Crippen MR) is 77.5 cm³/mol. The normalized spacial score (nSPS) is 10.0. The third-order valence-corrected chi connectivity index (χ3v) is 2.87. The lowest BCUT2D eigenvalue weighted by Gasteiger charge is -2.09. The van der Waals surface area contributed by atoms with E-state index in [0.29, 0.717) is 21.2 Å². The summed E-state index contributed by atoms with van der Waals surface area (Å²) in [6.45, 7) is -0.282. The van der Waals surface area contributed by atoms with Crippen molar-refractivity contribution < 1.29 is 19.0 Å². The minimum Gasteiger partial charge on any atom is -0.616 e. The smallest absolute Gasteiger partial charge is 0.379 e. The first-order valence-electron chi connectivity index (χ1n) is 6.04. The van der Waals surface area contributed by atoms with E-state index < -0.39 is 5.91 Å². The van der Waals surface area contributed by atoms with Crippen LogP contribution in [0, 0.1) is 5.21 Å². The van der Waals surface area contributed by atoms with Crippen LogP contribution in [0.5, 0.6) is 11.6 Å². The molecular formula is C14H13ClN2O4. The quantitative estimate of drug-likeness (QED) is 0.677. The van der Waals surface area contributed by atoms with Crippen molar-refractivity contribution in [3.8, 4) is 11.6 Å². The zero-order valence-corrected chi connectivity index (χ0v) is 12.0. The summed E-state index contributed by atoms with van der Waals surface area (Å²) >= 11 is 5.95. The molecule has 0 aliphatic rings. The molecule has 0 unspecified atom stereocenters. The van der Waals surface area contributed by atoms with E-state index in [1.54, 1.807) is 30.3 Å². The molecule has 110 valence electrons. The zero-order chi connectivity index (χ0) is 15.2. The highest BCUT2D eigenvalue weighted by Crippen LogP contribution is 2.27. The number of methoxy groups -OCH3 is 1. The predicted octanol–water partition coefficient (Wildman–Crippen LogP) is 2.00. The van der Waals surface area contributed by atoms with E-state index in [9.17, 15) is 10.0 Å². The van der Waals surface area contributed by atoms with Gasteiger partial charge in [0.05, 0.1) is 18.2 Å². The number of hydrogen-bond acceptors (Lipinski definition) is 4. The van der Waals surface area contributed by atoms with Crippen LogP contribution in [0.15, 0.2) is 42.6 Å². The van der Waals surface area contributed by atoms with E-state index in [1.165, 1.54) is 19.4 Å². The molecule has 1 N–H and O–H groups in total. The van der Waals surface area contributed by atoms with Gasteiger partial charge in [-0.05, 0) is 24.3 Å². The molecule has 0 radical (unpaired) electrons. The van der Waals surface area contributed by atoms with E-state index in [4.69, 9.17) is 21.1 Å². The summed E-state index contributed by atoms with van der Waals surface area (Å²) < 4.78 is 10.7. The summed E-state index contributed by atoms with van der Waals surface area (Å²) in [6.07, 6.45) is 1.29. The van der Waals surface area contributed by atoms with Crippen LogP contribution in [0.3, 0.4) is 0 Å². The van der Waals surface area contributed by atoms with Crippen molar-refractivity contribution >= 4 is 23.2 Å². The van der Waals surface area contributed by atoms with Gasteiger partial charge in [-0.2, -0.15) is 0 Å². The first-order chi connectivity index (χ1) is 10.1. The number of halogens is 1. The third-order valence-electron chi connectivity index (χ3n) is 2.58. The number of carbonyl (C=O) groups is 1. The molecule has 6 nitrogen and oxygen atoms in total. The number of anilines is 1. The van der Waals surface area contributed by atoms with E-state index in [1.807, 2.05) is 0 Å². The number of hydrogen-bond donors (Lipinski definition) is 1. The topological polar surface area (TPSA) is 74.5 Å². The summed E-state index contributed by atoms with van der Waals surface area (Å²) in [4.78, 5) is 11.7. The van der Waals surface area contributed by atoms with Gasteiger partial charge >= 0.3 is 5.88 Å². The molecule has 1 aromatic heterocycles. The number of amides is 1. The van der Waals surface area contributed by atoms with Crippen LogP contribution in [-0.2, 0) is 4.79 Å². The molecule has 0 spiro atoms. The molecule has 1 amide bonds. The van der Waals surface area contributed by atoms with Gasteiger partial charge in [0, 0.05) is 11.8 Å². The van der Waals surface area contributed by atoms with Gasteiger partial charge in [0.15, 0.2) is 12.8 Å². The molecule has 0 saturated heterocycles. The van der Waals surface area contributed by atoms with Crippen LogP contribution in [0.2, 0.25) is 5.02 Å². The van der Waals surface area contributed by atoms with E-state index in [0.717, 1.165) is 0 Å². The van der Waals surface area contributed by atoms with E-state index >= 15 is 0 Å². The van der Waals surface area contributed by atoms with Crippen LogP contribution in [-0.4, -0.2) is 19.6 Å². The fourth-order valence-corrected chi connectivity index (χ4v) is 1.86. The summed E-state index contributed by atoms with van der Waals surface area (Å²) in [5, 5.41) is 14.3. The van der Waals surface area contributed by atoms with Gasteiger partial charge in [0.25, 0.3) is 5.91 Å². The maximum absolute atomic E-state index is 11.7. The molecule has 0 bridgehead atoms. The maximum Gasteiger partial charge on any atom is 0.379 e. The second kappa shape index (κ2) is 6.81. The highest BCUT2D eigenvalue weighted by Gasteiger charge is 2.10. The lowest BCUT2D eigenvalue weighted by molar-refractivity contribution is -0.612. The van der Waals surface area contributed by atoms with Gasteiger partial charge in [-0.3, -0.25) is 4.79 Å². The average Bonchev–Trinajstić information content (AvgIpc) is 2.46. The fraction of sp³-hybridized carbons (Fsp3) is 0.143. The second-order valence-electron chi connectivity index (χ2n) is 4.05.